The van der Waals surface area contributed by atoms with Crippen molar-refractivity contribution in [3.8, 4) is 0 Å². The van der Waals surface area contributed by atoms with Crippen LogP contribution in [-0.4, -0.2) is 42.5 Å². The maximum atomic E-state index is 11.9. The monoisotopic (exact) mass is 304 g/mol. The fourth-order valence-electron chi connectivity index (χ4n) is 2.43. The summed E-state index contributed by atoms with van der Waals surface area (Å²) in [6, 6.07) is 9.88. The third kappa shape index (κ3) is 5.15. The average molecular weight is 304 g/mol. The highest BCUT2D eigenvalue weighted by Crippen LogP contribution is 2.11. The molecule has 0 aliphatic carbocycles. The number of nitrogens with one attached hydrogen (secondary N) is 1. The van der Waals surface area contributed by atoms with E-state index in [4.69, 9.17) is 4.74 Å². The lowest BCUT2D eigenvalue weighted by Crippen LogP contribution is -2.50. The van der Waals surface area contributed by atoms with E-state index in [0.717, 1.165) is 5.56 Å². The van der Waals surface area contributed by atoms with Gasteiger partial charge in [0.2, 0.25) is 11.8 Å². The fraction of sp³-hybridized carbons (Fsp3) is 0.529. The van der Waals surface area contributed by atoms with Crippen LogP contribution in [0, 0.1) is 5.92 Å². The molecule has 0 aromatic heterocycles. The van der Waals surface area contributed by atoms with Gasteiger partial charge in [0.15, 0.2) is 0 Å². The molecule has 1 aromatic carbocycles. The average Bonchev–Trinajstić information content (AvgIpc) is 2.48. The van der Waals surface area contributed by atoms with Crippen LogP contribution in [0.25, 0.3) is 0 Å². The Morgan fingerprint density at radius 2 is 2.09 bits per heavy atom. The molecule has 0 radical (unpaired) electrons. The van der Waals surface area contributed by atoms with Crippen molar-refractivity contribution in [2.24, 2.45) is 5.92 Å². The van der Waals surface area contributed by atoms with E-state index in [1.807, 2.05) is 44.2 Å². The molecule has 1 atom stereocenters. The molecule has 1 fully saturated rings. The number of carbonyl (C=O) groups is 2. The summed E-state index contributed by atoms with van der Waals surface area (Å²) >= 11 is 0. The van der Waals surface area contributed by atoms with Gasteiger partial charge < -0.3 is 15.0 Å². The molecule has 5 nitrogen and oxygen atoms in total. The van der Waals surface area contributed by atoms with Crippen LogP contribution in [-0.2, 0) is 20.9 Å². The molecule has 2 amide bonds. The topological polar surface area (TPSA) is 58.6 Å². The van der Waals surface area contributed by atoms with Crippen molar-refractivity contribution < 1.29 is 14.3 Å². The van der Waals surface area contributed by atoms with Gasteiger partial charge in [-0.05, 0) is 11.5 Å². The molecule has 1 aromatic rings. The lowest BCUT2D eigenvalue weighted by molar-refractivity contribution is -0.149. The number of morpholine rings is 1. The van der Waals surface area contributed by atoms with Gasteiger partial charge in [-0.1, -0.05) is 44.2 Å². The predicted molar refractivity (Wildman–Crippen MR) is 84.1 cm³/mol. The Hall–Kier alpha value is -1.88. The quantitative estimate of drug-likeness (QED) is 0.868. The van der Waals surface area contributed by atoms with Crippen LogP contribution >= 0.6 is 0 Å². The maximum Gasteiger partial charge on any atom is 0.248 e. The third-order valence-corrected chi connectivity index (χ3v) is 3.56. The largest absolute Gasteiger partial charge is 0.365 e. The van der Waals surface area contributed by atoms with Crippen LogP contribution in [0.5, 0.6) is 0 Å². The summed E-state index contributed by atoms with van der Waals surface area (Å²) in [5.41, 5.74) is 1.10. The number of nitrogens with zero attached hydrogens (tertiary/aromatic N) is 1. The van der Waals surface area contributed by atoms with Crippen molar-refractivity contribution in [3.63, 3.8) is 0 Å². The van der Waals surface area contributed by atoms with E-state index in [1.165, 1.54) is 0 Å². The van der Waals surface area contributed by atoms with Crippen LogP contribution in [0.3, 0.4) is 0 Å². The zero-order valence-corrected chi connectivity index (χ0v) is 13.2. The third-order valence-electron chi connectivity index (χ3n) is 3.56. The van der Waals surface area contributed by atoms with Crippen molar-refractivity contribution >= 4 is 11.8 Å². The summed E-state index contributed by atoms with van der Waals surface area (Å²) in [6.45, 7) is 5.64. The number of benzene rings is 1. The van der Waals surface area contributed by atoms with Crippen molar-refractivity contribution in [2.75, 3.05) is 19.7 Å². The summed E-state index contributed by atoms with van der Waals surface area (Å²) in [6.07, 6.45) is 0.372. The van der Waals surface area contributed by atoms with Crippen molar-refractivity contribution in [3.05, 3.63) is 35.9 Å². The van der Waals surface area contributed by atoms with E-state index in [2.05, 4.69) is 5.32 Å². The van der Waals surface area contributed by atoms with Crippen molar-refractivity contribution in [1.29, 1.82) is 0 Å². The first-order valence-corrected chi connectivity index (χ1v) is 7.74. The molecule has 22 heavy (non-hydrogen) atoms. The molecule has 5 heteroatoms. The number of carbonyl (C=O) groups excluding carboxylic acids is 2. The number of hydrogen-bond donors (Lipinski definition) is 1. The molecular formula is C17H24N2O3. The summed E-state index contributed by atoms with van der Waals surface area (Å²) < 4.78 is 5.51. The smallest absolute Gasteiger partial charge is 0.248 e. The number of rotatable bonds is 6. The highest BCUT2D eigenvalue weighted by atomic mass is 16.5. The summed E-state index contributed by atoms with van der Waals surface area (Å²) in [7, 11) is 0. The van der Waals surface area contributed by atoms with Crippen LogP contribution in [0.4, 0.5) is 0 Å². The van der Waals surface area contributed by atoms with E-state index in [9.17, 15) is 9.59 Å². The number of hydrogen-bond acceptors (Lipinski definition) is 3. The van der Waals surface area contributed by atoms with Gasteiger partial charge in [0.25, 0.3) is 0 Å². The van der Waals surface area contributed by atoms with E-state index in [0.29, 0.717) is 32.0 Å². The first-order chi connectivity index (χ1) is 10.5. The second-order valence-corrected chi connectivity index (χ2v) is 6.09. The second-order valence-electron chi connectivity index (χ2n) is 6.09. The van der Waals surface area contributed by atoms with E-state index in [-0.39, 0.29) is 24.5 Å². The lowest BCUT2D eigenvalue weighted by Gasteiger charge is -2.33. The standard InChI is InChI=1S/C17H24N2O3/c1-13(2)8-16(20)18-9-15-11-19(17(21)12-22-15)10-14-6-4-3-5-7-14/h3-7,13,15H,8-12H2,1-2H3,(H,18,20). The van der Waals surface area contributed by atoms with Crippen LogP contribution in [0.1, 0.15) is 25.8 Å². The van der Waals surface area contributed by atoms with Crippen LogP contribution in [0.2, 0.25) is 0 Å². The Morgan fingerprint density at radius 1 is 1.36 bits per heavy atom. The highest BCUT2D eigenvalue weighted by molar-refractivity contribution is 5.78. The molecule has 0 bridgehead atoms. The van der Waals surface area contributed by atoms with Gasteiger partial charge in [-0.2, -0.15) is 0 Å². The van der Waals surface area contributed by atoms with E-state index in [1.54, 1.807) is 4.90 Å². The van der Waals surface area contributed by atoms with Crippen molar-refractivity contribution in [2.45, 2.75) is 32.9 Å². The van der Waals surface area contributed by atoms with Gasteiger partial charge in [0.05, 0.1) is 6.10 Å². The summed E-state index contributed by atoms with van der Waals surface area (Å²) in [5, 5.41) is 2.88. The molecule has 2 rings (SSSR count). The zero-order chi connectivity index (χ0) is 15.9. The molecule has 1 aliphatic rings. The Kier molecular flexibility index (Phi) is 5.95. The first-order valence-electron chi connectivity index (χ1n) is 7.74. The van der Waals surface area contributed by atoms with Gasteiger partial charge in [0.1, 0.15) is 6.61 Å². The minimum absolute atomic E-state index is 0.00592. The molecule has 0 spiro atoms. The van der Waals surface area contributed by atoms with E-state index >= 15 is 0 Å². The molecule has 120 valence electrons. The van der Waals surface area contributed by atoms with Crippen LogP contribution < -0.4 is 5.32 Å². The highest BCUT2D eigenvalue weighted by Gasteiger charge is 2.26. The van der Waals surface area contributed by atoms with Gasteiger partial charge >= 0.3 is 0 Å². The lowest BCUT2D eigenvalue weighted by atomic mass is 10.1. The normalized spacial score (nSPS) is 18.6. The number of amides is 2. The Balaban J connectivity index is 1.83. The van der Waals surface area contributed by atoms with Crippen LogP contribution in [0.15, 0.2) is 30.3 Å². The summed E-state index contributed by atoms with van der Waals surface area (Å²) in [4.78, 5) is 25.4. The molecule has 1 unspecified atom stereocenters. The zero-order valence-electron chi connectivity index (χ0n) is 13.2. The van der Waals surface area contributed by atoms with Crippen molar-refractivity contribution in [1.82, 2.24) is 10.2 Å². The maximum absolute atomic E-state index is 11.9. The predicted octanol–water partition coefficient (Wildman–Crippen LogP) is 1.58. The molecule has 1 heterocycles. The van der Waals surface area contributed by atoms with Gasteiger partial charge in [-0.15, -0.1) is 0 Å². The first kappa shape index (κ1) is 16.5. The molecule has 1 aliphatic heterocycles. The minimum Gasteiger partial charge on any atom is -0.365 e. The Morgan fingerprint density at radius 3 is 2.77 bits per heavy atom. The molecular weight excluding hydrogens is 280 g/mol. The van der Waals surface area contributed by atoms with Gasteiger partial charge in [-0.3, -0.25) is 9.59 Å². The van der Waals surface area contributed by atoms with Gasteiger partial charge in [-0.25, -0.2) is 0 Å². The SMILES string of the molecule is CC(C)CC(=O)NCC1CN(Cc2ccccc2)C(=O)CO1. The van der Waals surface area contributed by atoms with E-state index < -0.39 is 0 Å². The van der Waals surface area contributed by atoms with Gasteiger partial charge in [0, 0.05) is 26.1 Å². The summed E-state index contributed by atoms with van der Waals surface area (Å²) in [5.74, 6) is 0.363. The molecule has 1 saturated heterocycles. The second kappa shape index (κ2) is 7.94. The number of ether oxygens (including phenoxy) is 1. The molecule has 0 saturated carbocycles. The minimum atomic E-state index is -0.141. The Bertz CT molecular complexity index is 502. The fourth-order valence-corrected chi connectivity index (χ4v) is 2.43. The molecule has 1 N–H and O–H groups in total. The Labute approximate surface area is 131 Å².